The average Bonchev–Trinajstić information content (AvgIpc) is 3.14. The Morgan fingerprint density at radius 1 is 1.31 bits per heavy atom. The second kappa shape index (κ2) is 4.22. The van der Waals surface area contributed by atoms with Gasteiger partial charge in [0.25, 0.3) is 0 Å². The van der Waals surface area contributed by atoms with Crippen molar-refractivity contribution < 1.29 is 14.7 Å². The molecule has 1 heterocycles. The lowest BCUT2D eigenvalue weighted by atomic mass is 10.1. The Balaban J connectivity index is 2.21. The highest BCUT2D eigenvalue weighted by atomic mass is 16.5. The number of methoxy groups -OCH3 is 1. The molecule has 0 spiro atoms. The monoisotopic (exact) mass is 220 g/mol. The van der Waals surface area contributed by atoms with Crippen LogP contribution < -0.4 is 0 Å². The van der Waals surface area contributed by atoms with E-state index >= 15 is 0 Å². The number of nitrogens with zero attached hydrogens (tertiary/aromatic N) is 2. The molecule has 0 atom stereocenters. The summed E-state index contributed by atoms with van der Waals surface area (Å²) >= 11 is 0. The van der Waals surface area contributed by atoms with E-state index in [9.17, 15) is 4.79 Å². The van der Waals surface area contributed by atoms with Crippen LogP contribution in [0.3, 0.4) is 0 Å². The van der Waals surface area contributed by atoms with E-state index in [-0.39, 0.29) is 5.97 Å². The maximum absolute atomic E-state index is 11.2. The second-order valence-electron chi connectivity index (χ2n) is 3.48. The molecule has 1 aliphatic heterocycles. The van der Waals surface area contributed by atoms with Gasteiger partial charge in [-0.2, -0.15) is 0 Å². The van der Waals surface area contributed by atoms with Crippen molar-refractivity contribution in [2.75, 3.05) is 20.2 Å². The first kappa shape index (κ1) is 10.5. The van der Waals surface area contributed by atoms with Gasteiger partial charge in [-0.25, -0.2) is 4.79 Å². The van der Waals surface area contributed by atoms with Gasteiger partial charge in [-0.15, -0.1) is 0 Å². The summed E-state index contributed by atoms with van der Waals surface area (Å²) in [5.74, 6) is 0.164. The van der Waals surface area contributed by atoms with Gasteiger partial charge in [0.15, 0.2) is 5.84 Å². The first-order valence-corrected chi connectivity index (χ1v) is 4.92. The molecule has 0 aromatic heterocycles. The van der Waals surface area contributed by atoms with Crippen LogP contribution in [0.5, 0.6) is 0 Å². The molecule has 0 bridgehead atoms. The largest absolute Gasteiger partial charge is 0.465 e. The maximum atomic E-state index is 11.2. The number of carbonyl (C=O) groups excluding carboxylic acids is 1. The summed E-state index contributed by atoms with van der Waals surface area (Å²) < 4.78 is 4.59. The highest BCUT2D eigenvalue weighted by Gasteiger charge is 2.24. The van der Waals surface area contributed by atoms with Crippen LogP contribution in [0.1, 0.15) is 15.9 Å². The summed E-state index contributed by atoms with van der Waals surface area (Å²) in [6, 6.07) is 6.77. The van der Waals surface area contributed by atoms with E-state index in [1.165, 1.54) is 7.11 Å². The Morgan fingerprint density at radius 3 is 2.31 bits per heavy atom. The van der Waals surface area contributed by atoms with Crippen molar-refractivity contribution in [1.82, 2.24) is 4.90 Å². The minimum Gasteiger partial charge on any atom is -0.465 e. The normalized spacial score (nSPS) is 14.8. The number of carbonyl (C=O) groups is 1. The molecule has 84 valence electrons. The maximum Gasteiger partial charge on any atom is 0.337 e. The molecule has 0 unspecified atom stereocenters. The van der Waals surface area contributed by atoms with E-state index in [4.69, 9.17) is 5.21 Å². The van der Waals surface area contributed by atoms with Gasteiger partial charge >= 0.3 is 5.97 Å². The zero-order valence-corrected chi connectivity index (χ0v) is 8.88. The van der Waals surface area contributed by atoms with E-state index < -0.39 is 0 Å². The summed E-state index contributed by atoms with van der Waals surface area (Å²) in [5.41, 5.74) is 1.27. The molecule has 0 amide bonds. The number of hydrogen-bond acceptors (Lipinski definition) is 4. The van der Waals surface area contributed by atoms with Crippen molar-refractivity contribution in [3.8, 4) is 0 Å². The van der Waals surface area contributed by atoms with Crippen molar-refractivity contribution in [1.29, 1.82) is 0 Å². The standard InChI is InChI=1S/C11H12N2O3/c1-16-11(14)9-4-2-8(3-5-9)10(12-15)13-6-7-13/h2-5,15H,6-7H2,1H3. The number of oxime groups is 1. The van der Waals surface area contributed by atoms with Crippen LogP contribution >= 0.6 is 0 Å². The number of benzene rings is 1. The van der Waals surface area contributed by atoms with Gasteiger partial charge in [-0.3, -0.25) is 0 Å². The molecule has 5 nitrogen and oxygen atoms in total. The predicted molar refractivity (Wildman–Crippen MR) is 57.7 cm³/mol. The molecule has 16 heavy (non-hydrogen) atoms. The lowest BCUT2D eigenvalue weighted by molar-refractivity contribution is 0.0601. The Bertz CT molecular complexity index is 421. The van der Waals surface area contributed by atoms with Crippen LogP contribution in [-0.2, 0) is 4.74 Å². The Labute approximate surface area is 92.9 Å². The lowest BCUT2D eigenvalue weighted by Gasteiger charge is -2.06. The molecule has 0 radical (unpaired) electrons. The van der Waals surface area contributed by atoms with Crippen LogP contribution in [0, 0.1) is 0 Å². The third kappa shape index (κ3) is 1.98. The fraction of sp³-hybridized carbons (Fsp3) is 0.273. The molecule has 1 aromatic rings. The van der Waals surface area contributed by atoms with Gasteiger partial charge < -0.3 is 14.8 Å². The van der Waals surface area contributed by atoms with Gasteiger partial charge in [0.05, 0.1) is 12.7 Å². The van der Waals surface area contributed by atoms with Crippen LogP contribution in [0.4, 0.5) is 0 Å². The Hall–Kier alpha value is -2.04. The van der Waals surface area contributed by atoms with Crippen LogP contribution in [0.25, 0.3) is 0 Å². The topological polar surface area (TPSA) is 61.9 Å². The number of esters is 1. The quantitative estimate of drug-likeness (QED) is 0.201. The molecular weight excluding hydrogens is 208 g/mol. The smallest absolute Gasteiger partial charge is 0.337 e. The van der Waals surface area contributed by atoms with Crippen LogP contribution in [0.15, 0.2) is 29.4 Å². The number of amidine groups is 1. The number of ether oxygens (including phenoxy) is 1. The van der Waals surface area contributed by atoms with Crippen molar-refractivity contribution in [3.05, 3.63) is 35.4 Å². The molecule has 1 aliphatic rings. The van der Waals surface area contributed by atoms with Crippen LogP contribution in [0.2, 0.25) is 0 Å². The lowest BCUT2D eigenvalue weighted by Crippen LogP contribution is -2.12. The summed E-state index contributed by atoms with van der Waals surface area (Å²) in [6.45, 7) is 1.80. The fourth-order valence-corrected chi connectivity index (χ4v) is 1.44. The van der Waals surface area contributed by atoms with Crippen LogP contribution in [-0.4, -0.2) is 42.1 Å². The van der Waals surface area contributed by atoms with Gasteiger partial charge in [-0.1, -0.05) is 17.3 Å². The molecule has 0 aliphatic carbocycles. The molecule has 1 saturated heterocycles. The highest BCUT2D eigenvalue weighted by molar-refractivity contribution is 6.00. The van der Waals surface area contributed by atoms with E-state index in [0.717, 1.165) is 18.7 Å². The summed E-state index contributed by atoms with van der Waals surface area (Å²) in [7, 11) is 1.34. The van der Waals surface area contributed by atoms with Gasteiger partial charge in [-0.05, 0) is 12.1 Å². The molecule has 0 saturated carbocycles. The Kier molecular flexibility index (Phi) is 2.76. The molecule has 1 N–H and O–H groups in total. The summed E-state index contributed by atoms with van der Waals surface area (Å²) in [5, 5.41) is 12.1. The first-order valence-electron chi connectivity index (χ1n) is 4.92. The molecule has 2 rings (SSSR count). The number of hydrogen-bond donors (Lipinski definition) is 1. The minimum absolute atomic E-state index is 0.374. The van der Waals surface area contributed by atoms with Gasteiger partial charge in [0, 0.05) is 18.7 Å². The molecule has 1 fully saturated rings. The number of rotatable bonds is 2. The van der Waals surface area contributed by atoms with Crippen molar-refractivity contribution in [3.63, 3.8) is 0 Å². The van der Waals surface area contributed by atoms with Gasteiger partial charge in [0.2, 0.25) is 0 Å². The van der Waals surface area contributed by atoms with Gasteiger partial charge in [0.1, 0.15) is 0 Å². The molecule has 5 heteroatoms. The van der Waals surface area contributed by atoms with Crippen molar-refractivity contribution in [2.45, 2.75) is 0 Å². The molecule has 1 aromatic carbocycles. The minimum atomic E-state index is -0.374. The summed E-state index contributed by atoms with van der Waals surface area (Å²) in [4.78, 5) is 13.1. The SMILES string of the molecule is COC(=O)c1ccc(C(=NO)N2CC2)cc1. The third-order valence-corrected chi connectivity index (χ3v) is 2.41. The zero-order chi connectivity index (χ0) is 11.5. The fourth-order valence-electron chi connectivity index (χ4n) is 1.44. The first-order chi connectivity index (χ1) is 7.76. The predicted octanol–water partition coefficient (Wildman–Crippen LogP) is 0.925. The summed E-state index contributed by atoms with van der Waals surface area (Å²) in [6.07, 6.45) is 0. The zero-order valence-electron chi connectivity index (χ0n) is 8.88. The second-order valence-corrected chi connectivity index (χ2v) is 3.48. The van der Waals surface area contributed by atoms with E-state index in [1.807, 2.05) is 4.90 Å². The highest BCUT2D eigenvalue weighted by Crippen LogP contribution is 2.14. The third-order valence-electron chi connectivity index (χ3n) is 2.41. The van der Waals surface area contributed by atoms with E-state index in [0.29, 0.717) is 11.4 Å². The van der Waals surface area contributed by atoms with Crippen molar-refractivity contribution >= 4 is 11.8 Å². The van der Waals surface area contributed by atoms with Crippen molar-refractivity contribution in [2.24, 2.45) is 5.16 Å². The van der Waals surface area contributed by atoms with E-state index in [2.05, 4.69) is 9.89 Å². The Morgan fingerprint density at radius 2 is 1.88 bits per heavy atom. The van der Waals surface area contributed by atoms with E-state index in [1.54, 1.807) is 24.3 Å². The molecular formula is C11H12N2O3. The average molecular weight is 220 g/mol.